The Labute approximate surface area is 153 Å². The topological polar surface area (TPSA) is 65.4 Å². The number of aromatic amines is 1. The van der Waals surface area contributed by atoms with Gasteiger partial charge < -0.3 is 14.3 Å². The first kappa shape index (κ1) is 16.8. The number of aromatic nitrogens is 2. The zero-order chi connectivity index (χ0) is 17.6. The second-order valence-corrected chi connectivity index (χ2v) is 7.55. The fourth-order valence-electron chi connectivity index (χ4n) is 3.56. The van der Waals surface area contributed by atoms with Crippen LogP contribution in [0.4, 0.5) is 0 Å². The third-order valence-corrected chi connectivity index (χ3v) is 5.48. The van der Waals surface area contributed by atoms with Crippen LogP contribution in [0, 0.1) is 0 Å². The fourth-order valence-corrected chi connectivity index (χ4v) is 3.92. The summed E-state index contributed by atoms with van der Waals surface area (Å²) in [5, 5.41) is 0.866. The van der Waals surface area contributed by atoms with Crippen molar-refractivity contribution >= 4 is 38.0 Å². The Balaban J connectivity index is 1.82. The monoisotopic (exact) mass is 404 g/mol. The SMILES string of the molecule is CCC(c1nc2c(oc3ccc(Br)cc32)c(=O)[nH]1)N1CCN(C)CC1. The Morgan fingerprint density at radius 3 is 2.80 bits per heavy atom. The van der Waals surface area contributed by atoms with Crippen LogP contribution in [-0.2, 0) is 0 Å². The highest BCUT2D eigenvalue weighted by Crippen LogP contribution is 2.29. The molecule has 25 heavy (non-hydrogen) atoms. The van der Waals surface area contributed by atoms with E-state index in [-0.39, 0.29) is 11.6 Å². The van der Waals surface area contributed by atoms with Crippen LogP contribution in [0.1, 0.15) is 25.2 Å². The Bertz CT molecular complexity index is 972. The summed E-state index contributed by atoms with van der Waals surface area (Å²) in [6, 6.07) is 5.83. The van der Waals surface area contributed by atoms with E-state index in [1.54, 1.807) is 0 Å². The minimum atomic E-state index is -0.208. The molecule has 132 valence electrons. The largest absolute Gasteiger partial charge is 0.449 e. The van der Waals surface area contributed by atoms with Crippen molar-refractivity contribution < 1.29 is 4.42 Å². The molecule has 4 rings (SSSR count). The van der Waals surface area contributed by atoms with Crippen LogP contribution in [0.15, 0.2) is 31.9 Å². The maximum Gasteiger partial charge on any atom is 0.294 e. The fraction of sp³-hybridized carbons (Fsp3) is 0.444. The molecule has 0 aliphatic carbocycles. The van der Waals surface area contributed by atoms with Gasteiger partial charge in [0.2, 0.25) is 5.58 Å². The average Bonchev–Trinajstić information content (AvgIpc) is 2.96. The van der Waals surface area contributed by atoms with Gasteiger partial charge in [0.15, 0.2) is 0 Å². The Morgan fingerprint density at radius 2 is 2.08 bits per heavy atom. The van der Waals surface area contributed by atoms with Crippen molar-refractivity contribution in [1.82, 2.24) is 19.8 Å². The van der Waals surface area contributed by atoms with Gasteiger partial charge in [0.1, 0.15) is 16.9 Å². The Hall–Kier alpha value is -1.70. The zero-order valence-corrected chi connectivity index (χ0v) is 16.0. The van der Waals surface area contributed by atoms with Gasteiger partial charge in [-0.05, 0) is 31.7 Å². The lowest BCUT2D eigenvalue weighted by Crippen LogP contribution is -2.46. The molecule has 1 fully saturated rings. The van der Waals surface area contributed by atoms with Crippen LogP contribution in [0.25, 0.3) is 22.1 Å². The minimum Gasteiger partial charge on any atom is -0.449 e. The number of nitrogens with zero attached hydrogens (tertiary/aromatic N) is 3. The number of piperazine rings is 1. The average molecular weight is 405 g/mol. The number of halogens is 1. The van der Waals surface area contributed by atoms with Crippen LogP contribution >= 0.6 is 15.9 Å². The van der Waals surface area contributed by atoms with Gasteiger partial charge in [0.05, 0.1) is 6.04 Å². The van der Waals surface area contributed by atoms with E-state index in [9.17, 15) is 4.79 Å². The number of likely N-dealkylation sites (N-methyl/N-ethyl adjacent to an activating group) is 1. The lowest BCUT2D eigenvalue weighted by atomic mass is 10.1. The molecule has 1 aliphatic rings. The highest BCUT2D eigenvalue weighted by atomic mass is 79.9. The normalized spacial score (nSPS) is 18.2. The second kappa shape index (κ2) is 6.55. The first-order valence-corrected chi connectivity index (χ1v) is 9.40. The van der Waals surface area contributed by atoms with Gasteiger partial charge in [0.25, 0.3) is 5.56 Å². The zero-order valence-electron chi connectivity index (χ0n) is 14.4. The highest BCUT2D eigenvalue weighted by Gasteiger charge is 2.25. The summed E-state index contributed by atoms with van der Waals surface area (Å²) in [4.78, 5) is 25.1. The maximum absolute atomic E-state index is 12.6. The van der Waals surface area contributed by atoms with E-state index in [1.165, 1.54) is 0 Å². The minimum absolute atomic E-state index is 0.114. The van der Waals surface area contributed by atoms with Crippen LogP contribution in [-0.4, -0.2) is 53.0 Å². The first-order valence-electron chi connectivity index (χ1n) is 8.61. The molecule has 0 bridgehead atoms. The van der Waals surface area contributed by atoms with E-state index in [0.29, 0.717) is 16.7 Å². The number of rotatable bonds is 3. The van der Waals surface area contributed by atoms with E-state index in [0.717, 1.165) is 48.3 Å². The number of H-pyrrole nitrogens is 1. The van der Waals surface area contributed by atoms with Crippen LogP contribution in [0.3, 0.4) is 0 Å². The third kappa shape index (κ3) is 3.01. The summed E-state index contributed by atoms with van der Waals surface area (Å²) in [5.41, 5.74) is 1.41. The number of benzene rings is 1. The van der Waals surface area contributed by atoms with E-state index in [2.05, 4.69) is 44.7 Å². The lowest BCUT2D eigenvalue weighted by Gasteiger charge is -2.37. The Morgan fingerprint density at radius 1 is 1.32 bits per heavy atom. The molecule has 1 unspecified atom stereocenters. The molecule has 0 spiro atoms. The third-order valence-electron chi connectivity index (χ3n) is 4.98. The van der Waals surface area contributed by atoms with Crippen molar-refractivity contribution in [3.05, 3.63) is 38.9 Å². The summed E-state index contributed by atoms with van der Waals surface area (Å²) in [5.74, 6) is 0.729. The van der Waals surface area contributed by atoms with Gasteiger partial charge in [-0.25, -0.2) is 4.98 Å². The van der Waals surface area contributed by atoms with Crippen molar-refractivity contribution in [2.24, 2.45) is 0 Å². The summed E-state index contributed by atoms with van der Waals surface area (Å²) < 4.78 is 6.66. The van der Waals surface area contributed by atoms with Crippen molar-refractivity contribution in [1.29, 1.82) is 0 Å². The number of furan rings is 1. The number of hydrogen-bond donors (Lipinski definition) is 1. The van der Waals surface area contributed by atoms with Gasteiger partial charge in [0, 0.05) is 36.0 Å². The van der Waals surface area contributed by atoms with Crippen LogP contribution < -0.4 is 5.56 Å². The van der Waals surface area contributed by atoms with Crippen LogP contribution in [0.2, 0.25) is 0 Å². The van der Waals surface area contributed by atoms with Crippen LogP contribution in [0.5, 0.6) is 0 Å². The number of hydrogen-bond acceptors (Lipinski definition) is 5. The standard InChI is InChI=1S/C18H21BrN4O2/c1-3-13(23-8-6-22(2)7-9-23)17-20-15-12-10-11(19)4-5-14(12)25-16(15)18(24)21-17/h4-5,10,13H,3,6-9H2,1-2H3,(H,20,21,24). The molecule has 0 amide bonds. The predicted octanol–water partition coefficient (Wildman–Crippen LogP) is 3.13. The van der Waals surface area contributed by atoms with Crippen molar-refractivity contribution in [2.45, 2.75) is 19.4 Å². The predicted molar refractivity (Wildman–Crippen MR) is 102 cm³/mol. The van der Waals surface area contributed by atoms with Gasteiger partial charge in [-0.15, -0.1) is 0 Å². The number of nitrogens with one attached hydrogen (secondary N) is 1. The molecule has 1 atom stereocenters. The number of fused-ring (bicyclic) bond motifs is 3. The molecule has 7 heteroatoms. The molecule has 0 radical (unpaired) electrons. The van der Waals surface area contributed by atoms with E-state index in [1.807, 2.05) is 18.2 Å². The molecule has 2 aromatic heterocycles. The molecular weight excluding hydrogens is 384 g/mol. The van der Waals surface area contributed by atoms with Crippen molar-refractivity contribution in [3.8, 4) is 0 Å². The van der Waals surface area contributed by atoms with Gasteiger partial charge in [-0.2, -0.15) is 0 Å². The second-order valence-electron chi connectivity index (χ2n) is 6.63. The molecule has 1 aromatic carbocycles. The van der Waals surface area contributed by atoms with Crippen molar-refractivity contribution in [3.63, 3.8) is 0 Å². The molecule has 6 nitrogen and oxygen atoms in total. The smallest absolute Gasteiger partial charge is 0.294 e. The molecule has 1 aliphatic heterocycles. The molecule has 1 N–H and O–H groups in total. The first-order chi connectivity index (χ1) is 12.1. The maximum atomic E-state index is 12.6. The summed E-state index contributed by atoms with van der Waals surface area (Å²) in [7, 11) is 2.14. The molecule has 0 saturated carbocycles. The van der Waals surface area contributed by atoms with Crippen molar-refractivity contribution in [2.75, 3.05) is 33.2 Å². The summed E-state index contributed by atoms with van der Waals surface area (Å²) in [6.45, 7) is 6.16. The Kier molecular flexibility index (Phi) is 4.39. The molecule has 3 heterocycles. The molecular formula is C18H21BrN4O2. The van der Waals surface area contributed by atoms with E-state index >= 15 is 0 Å². The highest BCUT2D eigenvalue weighted by molar-refractivity contribution is 9.10. The quantitative estimate of drug-likeness (QED) is 0.726. The van der Waals surface area contributed by atoms with E-state index < -0.39 is 0 Å². The lowest BCUT2D eigenvalue weighted by molar-refractivity contribution is 0.105. The summed E-state index contributed by atoms with van der Waals surface area (Å²) in [6.07, 6.45) is 0.900. The van der Waals surface area contributed by atoms with Gasteiger partial charge in [-0.3, -0.25) is 9.69 Å². The summed E-state index contributed by atoms with van der Waals surface area (Å²) >= 11 is 3.48. The molecule has 1 saturated heterocycles. The van der Waals surface area contributed by atoms with Gasteiger partial charge >= 0.3 is 0 Å². The molecule has 3 aromatic rings. The van der Waals surface area contributed by atoms with E-state index in [4.69, 9.17) is 9.40 Å². The van der Waals surface area contributed by atoms with Gasteiger partial charge in [-0.1, -0.05) is 22.9 Å².